The number of halogens is 1. The fraction of sp³-hybridized carbons (Fsp3) is 0.357. The summed E-state index contributed by atoms with van der Waals surface area (Å²) in [6.07, 6.45) is 3.83. The summed E-state index contributed by atoms with van der Waals surface area (Å²) in [5.41, 5.74) is 4.30. The van der Waals surface area contributed by atoms with Crippen LogP contribution < -0.4 is 0 Å². The van der Waals surface area contributed by atoms with E-state index in [1.165, 1.54) is 0 Å². The Bertz CT molecular complexity index is 540. The minimum atomic E-state index is -0.486. The van der Waals surface area contributed by atoms with Crippen molar-refractivity contribution in [3.63, 3.8) is 0 Å². The average Bonchev–Trinajstić information content (AvgIpc) is 2.71. The lowest BCUT2D eigenvalue weighted by Gasteiger charge is -2.13. The summed E-state index contributed by atoms with van der Waals surface area (Å²) in [4.78, 5) is 0. The van der Waals surface area contributed by atoms with Gasteiger partial charge in [0, 0.05) is 24.1 Å². The molecule has 1 atom stereocenters. The van der Waals surface area contributed by atoms with Crippen molar-refractivity contribution in [1.82, 2.24) is 9.78 Å². The summed E-state index contributed by atoms with van der Waals surface area (Å²) < 4.78 is 2.86. The first-order valence-corrected chi connectivity index (χ1v) is 6.69. The molecular weight excluding hydrogens is 292 g/mol. The molecule has 4 heteroatoms. The number of benzene rings is 1. The van der Waals surface area contributed by atoms with Gasteiger partial charge in [-0.05, 0) is 36.1 Å². The summed E-state index contributed by atoms with van der Waals surface area (Å²) in [5, 5.41) is 14.4. The molecule has 2 rings (SSSR count). The molecule has 2 aromatic rings. The molecule has 18 heavy (non-hydrogen) atoms. The first-order chi connectivity index (χ1) is 8.47. The van der Waals surface area contributed by atoms with Gasteiger partial charge in [-0.25, -0.2) is 0 Å². The van der Waals surface area contributed by atoms with Crippen molar-refractivity contribution in [2.24, 2.45) is 7.05 Å². The fourth-order valence-electron chi connectivity index (χ4n) is 2.09. The number of hydrogen-bond donors (Lipinski definition) is 1. The van der Waals surface area contributed by atoms with E-state index >= 15 is 0 Å². The van der Waals surface area contributed by atoms with E-state index in [9.17, 15) is 5.11 Å². The summed E-state index contributed by atoms with van der Waals surface area (Å²) in [5.74, 6) is 0. The van der Waals surface area contributed by atoms with Crippen LogP contribution in [0.25, 0.3) is 0 Å². The Balaban J connectivity index is 2.21. The Morgan fingerprint density at radius 1 is 1.33 bits per heavy atom. The number of nitrogens with zero attached hydrogens (tertiary/aromatic N) is 2. The highest BCUT2D eigenvalue weighted by Crippen LogP contribution is 2.27. The molecule has 1 aromatic carbocycles. The van der Waals surface area contributed by atoms with E-state index in [4.69, 9.17) is 0 Å². The lowest BCUT2D eigenvalue weighted by molar-refractivity contribution is 0.178. The molecule has 1 heterocycles. The van der Waals surface area contributed by atoms with Crippen LogP contribution in [0.3, 0.4) is 0 Å². The number of aromatic nitrogens is 2. The monoisotopic (exact) mass is 308 g/mol. The summed E-state index contributed by atoms with van der Waals surface area (Å²) in [6.45, 7) is 4.08. The maximum Gasteiger partial charge on any atom is 0.0831 e. The number of aryl methyl sites for hydroxylation is 3. The molecule has 3 nitrogen and oxygen atoms in total. The van der Waals surface area contributed by atoms with Crippen molar-refractivity contribution in [2.75, 3.05) is 0 Å². The van der Waals surface area contributed by atoms with Crippen LogP contribution in [0.4, 0.5) is 0 Å². The second-order valence-corrected chi connectivity index (χ2v) is 5.50. The topological polar surface area (TPSA) is 38.1 Å². The molecule has 0 aliphatic carbocycles. The van der Waals surface area contributed by atoms with E-state index in [0.717, 1.165) is 26.7 Å². The predicted molar refractivity (Wildman–Crippen MR) is 75.5 cm³/mol. The van der Waals surface area contributed by atoms with Gasteiger partial charge in [0.25, 0.3) is 0 Å². The van der Waals surface area contributed by atoms with Gasteiger partial charge in [0.05, 0.1) is 12.3 Å². The molecule has 1 aromatic heterocycles. The maximum atomic E-state index is 10.3. The predicted octanol–water partition coefficient (Wildman–Crippen LogP) is 3.08. The molecule has 0 aliphatic heterocycles. The van der Waals surface area contributed by atoms with Gasteiger partial charge in [-0.1, -0.05) is 28.1 Å². The van der Waals surface area contributed by atoms with Crippen molar-refractivity contribution in [3.05, 3.63) is 51.3 Å². The van der Waals surface area contributed by atoms with Gasteiger partial charge in [0.1, 0.15) is 0 Å². The second-order valence-electron chi connectivity index (χ2n) is 4.71. The SMILES string of the molecule is Cc1cc(C(O)Cc2cnn(C)c2)cc(C)c1Br. The van der Waals surface area contributed by atoms with Crippen molar-refractivity contribution >= 4 is 15.9 Å². The molecule has 0 spiro atoms. The number of aliphatic hydroxyl groups is 1. The van der Waals surface area contributed by atoms with Gasteiger partial charge in [0.2, 0.25) is 0 Å². The van der Waals surface area contributed by atoms with E-state index in [1.807, 2.05) is 39.2 Å². The zero-order chi connectivity index (χ0) is 13.3. The van der Waals surface area contributed by atoms with Gasteiger partial charge < -0.3 is 5.11 Å². The largest absolute Gasteiger partial charge is 0.388 e. The van der Waals surface area contributed by atoms with E-state index in [0.29, 0.717) is 6.42 Å². The van der Waals surface area contributed by atoms with Crippen LogP contribution in [0.5, 0.6) is 0 Å². The molecule has 0 fully saturated rings. The highest BCUT2D eigenvalue weighted by molar-refractivity contribution is 9.10. The normalized spacial score (nSPS) is 12.7. The van der Waals surface area contributed by atoms with Gasteiger partial charge in [-0.15, -0.1) is 0 Å². The second kappa shape index (κ2) is 5.24. The molecule has 0 aliphatic rings. The molecule has 0 radical (unpaired) electrons. The van der Waals surface area contributed by atoms with Crippen LogP contribution in [-0.2, 0) is 13.5 Å². The highest BCUT2D eigenvalue weighted by Gasteiger charge is 2.12. The number of rotatable bonds is 3. The van der Waals surface area contributed by atoms with Crippen LogP contribution in [0.2, 0.25) is 0 Å². The smallest absolute Gasteiger partial charge is 0.0831 e. The third-order valence-corrected chi connectivity index (χ3v) is 4.28. The fourth-order valence-corrected chi connectivity index (χ4v) is 2.32. The van der Waals surface area contributed by atoms with Crippen LogP contribution >= 0.6 is 15.9 Å². The Labute approximate surface area is 116 Å². The van der Waals surface area contributed by atoms with E-state index in [-0.39, 0.29) is 0 Å². The van der Waals surface area contributed by atoms with Crippen LogP contribution in [0.1, 0.15) is 28.4 Å². The van der Waals surface area contributed by atoms with Crippen molar-refractivity contribution in [2.45, 2.75) is 26.4 Å². The van der Waals surface area contributed by atoms with Crippen molar-refractivity contribution < 1.29 is 5.11 Å². The Morgan fingerprint density at radius 2 is 1.94 bits per heavy atom. The third-order valence-electron chi connectivity index (χ3n) is 3.03. The average molecular weight is 309 g/mol. The maximum absolute atomic E-state index is 10.3. The standard InChI is InChI=1S/C14H17BrN2O/c1-9-4-12(5-10(2)14(9)15)13(18)6-11-7-16-17(3)8-11/h4-5,7-8,13,18H,6H2,1-3H3. The minimum absolute atomic E-state index is 0.486. The molecule has 96 valence electrons. The number of hydrogen-bond acceptors (Lipinski definition) is 2. The summed E-state index contributed by atoms with van der Waals surface area (Å²) in [6, 6.07) is 4.05. The van der Waals surface area contributed by atoms with E-state index < -0.39 is 6.10 Å². The molecule has 1 unspecified atom stereocenters. The third kappa shape index (κ3) is 2.82. The van der Waals surface area contributed by atoms with Gasteiger partial charge in [0.15, 0.2) is 0 Å². The van der Waals surface area contributed by atoms with E-state index in [2.05, 4.69) is 21.0 Å². The van der Waals surface area contributed by atoms with Crippen LogP contribution in [0.15, 0.2) is 29.0 Å². The first kappa shape index (κ1) is 13.3. The lowest BCUT2D eigenvalue weighted by Crippen LogP contribution is -2.02. The minimum Gasteiger partial charge on any atom is -0.388 e. The van der Waals surface area contributed by atoms with Crippen LogP contribution in [-0.4, -0.2) is 14.9 Å². The molecule has 0 saturated heterocycles. The number of aliphatic hydroxyl groups excluding tert-OH is 1. The quantitative estimate of drug-likeness (QED) is 0.946. The van der Waals surface area contributed by atoms with Gasteiger partial charge in [-0.2, -0.15) is 5.10 Å². The lowest BCUT2D eigenvalue weighted by atomic mass is 9.99. The van der Waals surface area contributed by atoms with Gasteiger partial charge in [-0.3, -0.25) is 4.68 Å². The van der Waals surface area contributed by atoms with Crippen LogP contribution in [0, 0.1) is 13.8 Å². The summed E-state index contributed by atoms with van der Waals surface area (Å²) in [7, 11) is 1.88. The Kier molecular flexibility index (Phi) is 3.88. The molecule has 0 saturated carbocycles. The van der Waals surface area contributed by atoms with E-state index in [1.54, 1.807) is 10.9 Å². The molecular formula is C14H17BrN2O. The zero-order valence-corrected chi connectivity index (χ0v) is 12.4. The molecule has 0 amide bonds. The molecule has 1 N–H and O–H groups in total. The zero-order valence-electron chi connectivity index (χ0n) is 10.8. The van der Waals surface area contributed by atoms with Crippen molar-refractivity contribution in [1.29, 1.82) is 0 Å². The van der Waals surface area contributed by atoms with Crippen molar-refractivity contribution in [3.8, 4) is 0 Å². The Morgan fingerprint density at radius 3 is 2.44 bits per heavy atom. The first-order valence-electron chi connectivity index (χ1n) is 5.89. The highest BCUT2D eigenvalue weighted by atomic mass is 79.9. The summed E-state index contributed by atoms with van der Waals surface area (Å²) >= 11 is 3.54. The molecule has 0 bridgehead atoms. The van der Waals surface area contributed by atoms with Gasteiger partial charge >= 0.3 is 0 Å². The Hall–Kier alpha value is -1.13.